The zero-order valence-electron chi connectivity index (χ0n) is 17.8. The topological polar surface area (TPSA) is 104 Å². The molecule has 8 nitrogen and oxygen atoms in total. The minimum absolute atomic E-state index is 0.0237. The summed E-state index contributed by atoms with van der Waals surface area (Å²) < 4.78 is 18.7. The van der Waals surface area contributed by atoms with Gasteiger partial charge >= 0.3 is 11.9 Å². The molecule has 0 aromatic heterocycles. The summed E-state index contributed by atoms with van der Waals surface area (Å²) in [4.78, 5) is 52.2. The molecule has 2 aliphatic rings. The summed E-state index contributed by atoms with van der Waals surface area (Å²) in [6, 6.07) is 10.2. The van der Waals surface area contributed by atoms with Gasteiger partial charge in [-0.05, 0) is 35.9 Å². The normalized spacial score (nSPS) is 17.3. The van der Waals surface area contributed by atoms with Crippen molar-refractivity contribution in [3.63, 3.8) is 0 Å². The van der Waals surface area contributed by atoms with E-state index in [0.717, 1.165) is 16.7 Å². The molecule has 2 heterocycles. The number of benzene rings is 2. The van der Waals surface area contributed by atoms with Crippen LogP contribution >= 0.6 is 35.6 Å². The Morgan fingerprint density at radius 1 is 1.11 bits per heavy atom. The molecule has 0 spiro atoms. The minimum Gasteiger partial charge on any atom is -0.481 e. The smallest absolute Gasteiger partial charge is 0.326 e. The summed E-state index contributed by atoms with van der Waals surface area (Å²) in [6.07, 6.45) is -0.311. The zero-order valence-corrected chi connectivity index (χ0v) is 20.2. The van der Waals surface area contributed by atoms with E-state index in [2.05, 4.69) is 0 Å². The average molecular weight is 535 g/mol. The maximum atomic E-state index is 13.4. The number of carboxylic acids is 1. The molecule has 0 aliphatic carbocycles. The fourth-order valence-electron chi connectivity index (χ4n) is 3.59. The van der Waals surface area contributed by atoms with Crippen LogP contribution in [0, 0.1) is 5.82 Å². The van der Waals surface area contributed by atoms with E-state index in [0.29, 0.717) is 21.8 Å². The van der Waals surface area contributed by atoms with E-state index in [1.165, 1.54) is 29.2 Å². The highest BCUT2D eigenvalue weighted by atomic mass is 35.5. The molecule has 180 valence electrons. The van der Waals surface area contributed by atoms with E-state index in [4.69, 9.17) is 33.7 Å². The quantitative estimate of drug-likeness (QED) is 0.326. The summed E-state index contributed by atoms with van der Waals surface area (Å²) in [5.41, 5.74) is 1.17. The number of rotatable bonds is 7. The molecule has 0 saturated carbocycles. The first kappa shape index (κ1) is 24.8. The van der Waals surface area contributed by atoms with Crippen LogP contribution in [0.1, 0.15) is 17.5 Å². The van der Waals surface area contributed by atoms with Crippen molar-refractivity contribution >= 4 is 74.9 Å². The fourth-order valence-corrected chi connectivity index (χ4v) is 5.15. The highest BCUT2D eigenvalue weighted by Crippen LogP contribution is 2.45. The van der Waals surface area contributed by atoms with Gasteiger partial charge in [0.1, 0.15) is 23.3 Å². The summed E-state index contributed by atoms with van der Waals surface area (Å²) in [6.45, 7) is -0.768. The molecule has 4 rings (SSSR count). The first-order valence-corrected chi connectivity index (χ1v) is 11.8. The van der Waals surface area contributed by atoms with Crippen LogP contribution in [0.25, 0.3) is 5.57 Å². The van der Waals surface area contributed by atoms with E-state index in [1.807, 2.05) is 0 Å². The van der Waals surface area contributed by atoms with Crippen LogP contribution in [0.2, 0.25) is 5.02 Å². The Hall–Kier alpha value is -3.28. The number of hydrogen-bond donors (Lipinski definition) is 1. The molecule has 2 aliphatic heterocycles. The van der Waals surface area contributed by atoms with Crippen molar-refractivity contribution in [2.45, 2.75) is 13.0 Å². The summed E-state index contributed by atoms with van der Waals surface area (Å²) in [5, 5.41) is 9.25. The van der Waals surface area contributed by atoms with Gasteiger partial charge in [-0.3, -0.25) is 29.0 Å². The molecule has 1 N–H and O–H groups in total. The van der Waals surface area contributed by atoms with Crippen LogP contribution in [-0.4, -0.2) is 51.2 Å². The van der Waals surface area contributed by atoms with Crippen LogP contribution in [0.15, 0.2) is 47.4 Å². The Labute approximate surface area is 213 Å². The molecule has 2 aromatic rings. The fraction of sp³-hybridized carbons (Fsp3) is 0.174. The molecular weight excluding hydrogens is 519 g/mol. The van der Waals surface area contributed by atoms with Gasteiger partial charge in [0.15, 0.2) is 0 Å². The number of aliphatic carboxylic acids is 1. The van der Waals surface area contributed by atoms with E-state index < -0.39 is 36.1 Å². The van der Waals surface area contributed by atoms with Crippen molar-refractivity contribution in [3.8, 4) is 0 Å². The van der Waals surface area contributed by atoms with Crippen LogP contribution in [0.5, 0.6) is 0 Å². The van der Waals surface area contributed by atoms with Crippen LogP contribution < -0.4 is 4.90 Å². The second kappa shape index (κ2) is 10.1. The van der Waals surface area contributed by atoms with E-state index >= 15 is 0 Å². The molecule has 0 unspecified atom stereocenters. The Balaban J connectivity index is 1.59. The van der Waals surface area contributed by atoms with E-state index in [9.17, 15) is 23.6 Å². The first-order chi connectivity index (χ1) is 16.7. The van der Waals surface area contributed by atoms with Gasteiger partial charge in [-0.25, -0.2) is 4.39 Å². The minimum atomic E-state index is -1.09. The third-order valence-corrected chi connectivity index (χ3v) is 6.86. The van der Waals surface area contributed by atoms with Gasteiger partial charge < -0.3 is 9.84 Å². The SMILES string of the molecule is O=C(O)CCN1C(=O)/C(=C2/C(=O)N(CC(=O)OCc3cccc(F)c3)c3ccc(Cl)cc32)SC1=S. The number of fused-ring (bicyclic) bond motifs is 1. The average Bonchev–Trinajstić information content (AvgIpc) is 3.22. The molecule has 0 atom stereocenters. The lowest BCUT2D eigenvalue weighted by atomic mass is 10.1. The van der Waals surface area contributed by atoms with E-state index in [1.54, 1.807) is 18.2 Å². The van der Waals surface area contributed by atoms with Crippen LogP contribution in [0.4, 0.5) is 10.1 Å². The maximum absolute atomic E-state index is 13.4. The molecule has 1 saturated heterocycles. The Morgan fingerprint density at radius 2 is 1.89 bits per heavy atom. The van der Waals surface area contributed by atoms with Gasteiger partial charge in [-0.2, -0.15) is 0 Å². The van der Waals surface area contributed by atoms with Crippen LogP contribution in [0.3, 0.4) is 0 Å². The van der Waals surface area contributed by atoms with Gasteiger partial charge in [0.05, 0.1) is 22.6 Å². The van der Waals surface area contributed by atoms with Crippen LogP contribution in [-0.2, 0) is 30.5 Å². The van der Waals surface area contributed by atoms with E-state index in [-0.39, 0.29) is 34.4 Å². The maximum Gasteiger partial charge on any atom is 0.326 e. The number of nitrogens with zero attached hydrogens (tertiary/aromatic N) is 2. The molecular formula is C23H16ClFN2O6S2. The lowest BCUT2D eigenvalue weighted by molar-refractivity contribution is -0.144. The summed E-state index contributed by atoms with van der Waals surface area (Å²) >= 11 is 12.2. The molecule has 0 bridgehead atoms. The zero-order chi connectivity index (χ0) is 25.3. The number of thioether (sulfide) groups is 1. The Bertz CT molecular complexity index is 1310. The summed E-state index contributed by atoms with van der Waals surface area (Å²) in [5.74, 6) is -3.51. The Morgan fingerprint density at radius 3 is 2.60 bits per heavy atom. The first-order valence-electron chi connectivity index (χ1n) is 10.2. The third-order valence-electron chi connectivity index (χ3n) is 5.18. The number of anilines is 1. The predicted octanol–water partition coefficient (Wildman–Crippen LogP) is 3.62. The van der Waals surface area contributed by atoms with Crippen molar-refractivity contribution < 1.29 is 33.4 Å². The number of hydrogen-bond acceptors (Lipinski definition) is 7. The number of ether oxygens (including phenoxy) is 1. The number of carboxylic acid groups (broad SMARTS) is 1. The predicted molar refractivity (Wildman–Crippen MR) is 131 cm³/mol. The monoisotopic (exact) mass is 534 g/mol. The lowest BCUT2D eigenvalue weighted by Crippen LogP contribution is -2.34. The van der Waals surface area contributed by atoms with Crippen molar-refractivity contribution in [1.82, 2.24) is 4.90 Å². The molecule has 1 fully saturated rings. The standard InChI is InChI=1S/C23H16ClFN2O6S2/c24-13-4-5-16-15(9-13)19(20-22(32)26(23(34)35-20)7-6-17(28)29)21(31)27(16)10-18(30)33-11-12-2-1-3-14(25)8-12/h1-5,8-9H,6-7,10-11H2,(H,28,29)/b20-19-. The second-order valence-corrected chi connectivity index (χ2v) is 9.60. The number of amides is 2. The largest absolute Gasteiger partial charge is 0.481 e. The highest BCUT2D eigenvalue weighted by Gasteiger charge is 2.42. The molecule has 2 amide bonds. The Kier molecular flexibility index (Phi) is 7.20. The third kappa shape index (κ3) is 5.21. The van der Waals surface area contributed by atoms with Crippen molar-refractivity contribution in [3.05, 3.63) is 69.3 Å². The number of esters is 1. The van der Waals surface area contributed by atoms with Gasteiger partial charge in [-0.1, -0.05) is 47.7 Å². The van der Waals surface area contributed by atoms with Gasteiger partial charge in [0.25, 0.3) is 11.8 Å². The molecule has 0 radical (unpaired) electrons. The number of thiocarbonyl (C=S) groups is 1. The van der Waals surface area contributed by atoms with Crippen molar-refractivity contribution in [1.29, 1.82) is 0 Å². The molecule has 2 aromatic carbocycles. The van der Waals surface area contributed by atoms with Gasteiger partial charge in [-0.15, -0.1) is 0 Å². The van der Waals surface area contributed by atoms with Crippen molar-refractivity contribution in [2.75, 3.05) is 18.0 Å². The number of halogens is 2. The lowest BCUT2D eigenvalue weighted by Gasteiger charge is -2.16. The molecule has 12 heteroatoms. The number of carbonyl (C=O) groups is 4. The molecule has 35 heavy (non-hydrogen) atoms. The van der Waals surface area contributed by atoms with Crippen molar-refractivity contribution in [2.24, 2.45) is 0 Å². The highest BCUT2D eigenvalue weighted by molar-refractivity contribution is 8.26. The number of carbonyl (C=O) groups excluding carboxylic acids is 3. The van der Waals surface area contributed by atoms with Gasteiger partial charge in [0.2, 0.25) is 0 Å². The van der Waals surface area contributed by atoms with Gasteiger partial charge in [0, 0.05) is 17.1 Å². The second-order valence-electron chi connectivity index (χ2n) is 7.52. The summed E-state index contributed by atoms with van der Waals surface area (Å²) in [7, 11) is 0.